The molecule has 13 heavy (non-hydrogen) atoms. The Kier molecular flexibility index (Phi) is 2.27. The third kappa shape index (κ3) is 2.01. The van der Waals surface area contributed by atoms with Gasteiger partial charge in [-0.25, -0.2) is 0 Å². The summed E-state index contributed by atoms with van der Waals surface area (Å²) >= 11 is 0. The fraction of sp³-hybridized carbons (Fsp3) is 0.333. The van der Waals surface area contributed by atoms with Gasteiger partial charge in [0.25, 0.3) is 5.91 Å². The number of carboxylic acids is 1. The highest BCUT2D eigenvalue weighted by Gasteiger charge is 2.32. The fourth-order valence-electron chi connectivity index (χ4n) is 0.905. The van der Waals surface area contributed by atoms with Gasteiger partial charge in [-0.1, -0.05) is 0 Å². The van der Waals surface area contributed by atoms with Gasteiger partial charge in [-0.15, -0.1) is 0 Å². The number of carboxylic acid groups (broad SMARTS) is 1. The first-order chi connectivity index (χ1) is 6.00. The summed E-state index contributed by atoms with van der Waals surface area (Å²) in [6, 6.07) is 0. The molecule has 0 fully saturated rings. The second-order valence-electron chi connectivity index (χ2n) is 2.47. The highest BCUT2D eigenvalue weighted by atomic mass is 16.4. The number of nitrogens with zero attached hydrogens (tertiary/aromatic N) is 1. The Bertz CT molecular complexity index is 309. The maximum absolute atomic E-state index is 11.0. The molecule has 1 heterocycles. The van der Waals surface area contributed by atoms with E-state index in [-0.39, 0.29) is 5.96 Å². The number of amides is 2. The predicted octanol–water partition coefficient (Wildman–Crippen LogP) is -1.95. The van der Waals surface area contributed by atoms with Crippen molar-refractivity contribution in [3.8, 4) is 0 Å². The Morgan fingerprint density at radius 3 is 2.69 bits per heavy atom. The van der Waals surface area contributed by atoms with Gasteiger partial charge in [0.05, 0.1) is 6.42 Å². The second-order valence-corrected chi connectivity index (χ2v) is 2.47. The molecule has 7 heteroatoms. The minimum Gasteiger partial charge on any atom is -0.481 e. The van der Waals surface area contributed by atoms with E-state index in [2.05, 4.69) is 10.3 Å². The molecule has 7 nitrogen and oxygen atoms in total. The molecular weight excluding hydrogens is 178 g/mol. The van der Waals surface area contributed by atoms with Crippen molar-refractivity contribution in [2.45, 2.75) is 6.42 Å². The molecule has 1 atom stereocenters. The number of hydrogen-bond donors (Lipinski definition) is 3. The van der Waals surface area contributed by atoms with E-state index in [4.69, 9.17) is 10.8 Å². The standard InChI is InChI=1S/C6H7N3O4/c7-6-8-4(12)2(1-3(10)11)5(13)9-6/h2H,1H2,(H,10,11)(H3,7,8,9,12,13). The maximum Gasteiger partial charge on any atom is 0.304 e. The van der Waals surface area contributed by atoms with Crippen molar-refractivity contribution in [1.82, 2.24) is 5.32 Å². The molecule has 0 aromatic heterocycles. The Hall–Kier alpha value is -1.92. The lowest BCUT2D eigenvalue weighted by Gasteiger charge is -2.15. The van der Waals surface area contributed by atoms with E-state index in [0.29, 0.717) is 0 Å². The van der Waals surface area contributed by atoms with E-state index in [0.717, 1.165) is 0 Å². The van der Waals surface area contributed by atoms with Crippen LogP contribution in [0.1, 0.15) is 6.42 Å². The molecule has 1 unspecified atom stereocenters. The van der Waals surface area contributed by atoms with Gasteiger partial charge >= 0.3 is 5.97 Å². The average Bonchev–Trinajstić information content (AvgIpc) is 1.96. The molecule has 1 aliphatic heterocycles. The summed E-state index contributed by atoms with van der Waals surface area (Å²) in [5.41, 5.74) is 5.06. The first kappa shape index (κ1) is 9.17. The van der Waals surface area contributed by atoms with Crippen LogP contribution < -0.4 is 11.1 Å². The maximum atomic E-state index is 11.0. The Morgan fingerprint density at radius 2 is 2.23 bits per heavy atom. The summed E-state index contributed by atoms with van der Waals surface area (Å²) in [5, 5.41) is 10.4. The van der Waals surface area contributed by atoms with Crippen molar-refractivity contribution in [2.75, 3.05) is 0 Å². The number of nitrogens with two attached hydrogens (primary N) is 1. The van der Waals surface area contributed by atoms with Crippen molar-refractivity contribution in [1.29, 1.82) is 0 Å². The average molecular weight is 185 g/mol. The number of hydrogen-bond acceptors (Lipinski definition) is 4. The fourth-order valence-corrected chi connectivity index (χ4v) is 0.905. The summed E-state index contributed by atoms with van der Waals surface area (Å²) < 4.78 is 0. The lowest BCUT2D eigenvalue weighted by atomic mass is 10.0. The van der Waals surface area contributed by atoms with Crippen LogP contribution in [0.5, 0.6) is 0 Å². The van der Waals surface area contributed by atoms with E-state index < -0.39 is 30.1 Å². The Balaban J connectivity index is 2.81. The zero-order chi connectivity index (χ0) is 10.0. The minimum atomic E-state index is -1.26. The van der Waals surface area contributed by atoms with Crippen LogP contribution in [0.25, 0.3) is 0 Å². The van der Waals surface area contributed by atoms with Gasteiger partial charge < -0.3 is 10.8 Å². The van der Waals surface area contributed by atoms with Gasteiger partial charge in [-0.05, 0) is 0 Å². The number of carbonyl (C=O) groups is 3. The topological polar surface area (TPSA) is 122 Å². The number of guanidine groups is 1. The van der Waals surface area contributed by atoms with Crippen LogP contribution in [0, 0.1) is 5.92 Å². The van der Waals surface area contributed by atoms with Crippen LogP contribution in [0.4, 0.5) is 0 Å². The monoisotopic (exact) mass is 185 g/mol. The zero-order valence-corrected chi connectivity index (χ0v) is 6.48. The third-order valence-electron chi connectivity index (χ3n) is 1.48. The lowest BCUT2D eigenvalue weighted by molar-refractivity contribution is -0.144. The molecule has 1 aliphatic rings. The van der Waals surface area contributed by atoms with Crippen molar-refractivity contribution >= 4 is 23.7 Å². The first-order valence-corrected chi connectivity index (χ1v) is 3.41. The van der Waals surface area contributed by atoms with Crippen LogP contribution in [0.2, 0.25) is 0 Å². The van der Waals surface area contributed by atoms with Gasteiger partial charge in [0.1, 0.15) is 5.92 Å². The molecule has 0 saturated carbocycles. The molecule has 0 bridgehead atoms. The summed E-state index contributed by atoms with van der Waals surface area (Å²) in [6.45, 7) is 0. The second kappa shape index (κ2) is 3.21. The predicted molar refractivity (Wildman–Crippen MR) is 40.5 cm³/mol. The van der Waals surface area contributed by atoms with Crippen molar-refractivity contribution in [3.63, 3.8) is 0 Å². The number of aliphatic imine (C=N–C) groups is 1. The Labute approximate surface area is 72.6 Å². The van der Waals surface area contributed by atoms with Crippen LogP contribution in [-0.4, -0.2) is 28.8 Å². The molecule has 0 spiro atoms. The van der Waals surface area contributed by atoms with Crippen molar-refractivity contribution < 1.29 is 19.5 Å². The van der Waals surface area contributed by atoms with E-state index in [9.17, 15) is 14.4 Å². The van der Waals surface area contributed by atoms with E-state index in [1.165, 1.54) is 0 Å². The SMILES string of the molecule is NC1=NC(=O)C(CC(=O)O)C(=O)N1. The molecule has 0 radical (unpaired) electrons. The molecule has 70 valence electrons. The number of aliphatic carboxylic acids is 1. The summed E-state index contributed by atoms with van der Waals surface area (Å²) in [4.78, 5) is 35.4. The zero-order valence-electron chi connectivity index (χ0n) is 6.48. The highest BCUT2D eigenvalue weighted by molar-refractivity contribution is 6.15. The van der Waals surface area contributed by atoms with Crippen molar-refractivity contribution in [2.24, 2.45) is 16.6 Å². The van der Waals surface area contributed by atoms with E-state index >= 15 is 0 Å². The normalized spacial score (nSPS) is 22.2. The third-order valence-corrected chi connectivity index (χ3v) is 1.48. The van der Waals surface area contributed by atoms with Crippen LogP contribution >= 0.6 is 0 Å². The minimum absolute atomic E-state index is 0.295. The van der Waals surface area contributed by atoms with Gasteiger partial charge in [-0.2, -0.15) is 4.99 Å². The molecule has 2 amide bonds. The number of rotatable bonds is 2. The number of nitrogens with one attached hydrogen (secondary N) is 1. The summed E-state index contributed by atoms with van der Waals surface area (Å²) in [7, 11) is 0. The molecule has 0 aromatic rings. The van der Waals surface area contributed by atoms with E-state index in [1.54, 1.807) is 0 Å². The molecular formula is C6H7N3O4. The van der Waals surface area contributed by atoms with Gasteiger partial charge in [0.15, 0.2) is 0 Å². The van der Waals surface area contributed by atoms with Gasteiger partial charge in [-0.3, -0.25) is 19.7 Å². The smallest absolute Gasteiger partial charge is 0.304 e. The molecule has 0 aliphatic carbocycles. The largest absolute Gasteiger partial charge is 0.481 e. The molecule has 4 N–H and O–H groups in total. The lowest BCUT2D eigenvalue weighted by Crippen LogP contribution is -2.48. The molecule has 1 rings (SSSR count). The Morgan fingerprint density at radius 1 is 1.62 bits per heavy atom. The van der Waals surface area contributed by atoms with Crippen LogP contribution in [-0.2, 0) is 14.4 Å². The number of carbonyl (C=O) groups excluding carboxylic acids is 2. The first-order valence-electron chi connectivity index (χ1n) is 3.41. The highest BCUT2D eigenvalue weighted by Crippen LogP contribution is 2.08. The summed E-state index contributed by atoms with van der Waals surface area (Å²) in [6.07, 6.45) is -0.568. The molecule has 0 aromatic carbocycles. The van der Waals surface area contributed by atoms with Crippen LogP contribution in [0.15, 0.2) is 4.99 Å². The van der Waals surface area contributed by atoms with E-state index in [1.807, 2.05) is 0 Å². The van der Waals surface area contributed by atoms with Gasteiger partial charge in [0.2, 0.25) is 11.9 Å². The molecule has 0 saturated heterocycles. The van der Waals surface area contributed by atoms with Crippen molar-refractivity contribution in [3.05, 3.63) is 0 Å². The summed E-state index contributed by atoms with van der Waals surface area (Å²) in [5.74, 6) is -4.32. The van der Waals surface area contributed by atoms with Crippen LogP contribution in [0.3, 0.4) is 0 Å². The van der Waals surface area contributed by atoms with Gasteiger partial charge in [0, 0.05) is 0 Å². The quantitative estimate of drug-likeness (QED) is 0.431.